The highest BCUT2D eigenvalue weighted by atomic mass is 32.1. The lowest BCUT2D eigenvalue weighted by Crippen LogP contribution is -2.15. The Labute approximate surface area is 180 Å². The molecule has 2 heterocycles. The van der Waals surface area contributed by atoms with Crippen LogP contribution in [0.4, 0.5) is 5.69 Å². The van der Waals surface area contributed by atoms with Crippen LogP contribution in [0.25, 0.3) is 4.96 Å². The van der Waals surface area contributed by atoms with Gasteiger partial charge in [0.05, 0.1) is 18.4 Å². The Balaban J connectivity index is 1.42. The van der Waals surface area contributed by atoms with Crippen LogP contribution in [0.5, 0.6) is 5.75 Å². The summed E-state index contributed by atoms with van der Waals surface area (Å²) >= 11 is 1.32. The molecule has 0 aliphatic rings. The van der Waals surface area contributed by atoms with Crippen molar-refractivity contribution in [2.75, 3.05) is 12.4 Å². The molecule has 1 amide bonds. The number of hydrogen-bond donors (Lipinski definition) is 1. The van der Waals surface area contributed by atoms with Crippen molar-refractivity contribution >= 4 is 33.9 Å². The highest BCUT2D eigenvalue weighted by Crippen LogP contribution is 2.16. The second-order valence-corrected chi connectivity index (χ2v) is 7.35. The number of nitrogens with zero attached hydrogens (tertiary/aromatic N) is 2. The van der Waals surface area contributed by atoms with Gasteiger partial charge in [-0.15, -0.1) is 11.3 Å². The van der Waals surface area contributed by atoms with Crippen LogP contribution in [0, 0.1) is 0 Å². The van der Waals surface area contributed by atoms with Crippen LogP contribution < -0.4 is 15.6 Å². The van der Waals surface area contributed by atoms with Crippen molar-refractivity contribution in [2.45, 2.75) is 6.61 Å². The zero-order valence-corrected chi connectivity index (χ0v) is 17.2. The van der Waals surface area contributed by atoms with Gasteiger partial charge >= 0.3 is 5.97 Å². The molecule has 0 saturated heterocycles. The number of nitrogens with one attached hydrogen (secondary N) is 1. The minimum atomic E-state index is -0.589. The molecule has 31 heavy (non-hydrogen) atoms. The van der Waals surface area contributed by atoms with Crippen molar-refractivity contribution in [2.24, 2.45) is 0 Å². The fraction of sp³-hybridized carbons (Fsp3) is 0.0909. The van der Waals surface area contributed by atoms with Crippen LogP contribution in [0.3, 0.4) is 0 Å². The first kappa shape index (κ1) is 20.3. The highest BCUT2D eigenvalue weighted by Gasteiger charge is 2.12. The van der Waals surface area contributed by atoms with E-state index in [1.165, 1.54) is 27.9 Å². The van der Waals surface area contributed by atoms with Crippen LogP contribution in [0.2, 0.25) is 0 Å². The maximum absolute atomic E-state index is 12.4. The largest absolute Gasteiger partial charge is 0.497 e. The summed E-state index contributed by atoms with van der Waals surface area (Å²) in [6.07, 6.45) is 1.64. The van der Waals surface area contributed by atoms with Crippen LogP contribution >= 0.6 is 11.3 Å². The highest BCUT2D eigenvalue weighted by molar-refractivity contribution is 7.15. The number of hydrogen-bond acceptors (Lipinski definition) is 7. The molecule has 0 aliphatic carbocycles. The third kappa shape index (κ3) is 4.62. The number of aromatic nitrogens is 2. The lowest BCUT2D eigenvalue weighted by molar-refractivity contribution is 0.0467. The van der Waals surface area contributed by atoms with Gasteiger partial charge in [0, 0.05) is 28.9 Å². The average molecular weight is 435 g/mol. The smallest absolute Gasteiger partial charge is 0.338 e. The molecular weight excluding hydrogens is 418 g/mol. The first-order valence-corrected chi connectivity index (χ1v) is 10.1. The van der Waals surface area contributed by atoms with E-state index < -0.39 is 5.97 Å². The zero-order valence-electron chi connectivity index (χ0n) is 16.4. The van der Waals surface area contributed by atoms with E-state index in [0.29, 0.717) is 27.7 Å². The van der Waals surface area contributed by atoms with E-state index in [1.807, 2.05) is 0 Å². The topological polar surface area (TPSA) is 99.0 Å². The third-order valence-corrected chi connectivity index (χ3v) is 5.17. The van der Waals surface area contributed by atoms with Crippen LogP contribution in [-0.4, -0.2) is 28.4 Å². The Morgan fingerprint density at radius 1 is 1.10 bits per heavy atom. The van der Waals surface area contributed by atoms with E-state index >= 15 is 0 Å². The molecule has 0 radical (unpaired) electrons. The molecule has 1 N–H and O–H groups in total. The lowest BCUT2D eigenvalue weighted by atomic mass is 10.1. The maximum Gasteiger partial charge on any atom is 0.338 e. The Bertz CT molecular complexity index is 1310. The minimum absolute atomic E-state index is 0.134. The molecule has 0 unspecified atom stereocenters. The average Bonchev–Trinajstić information content (AvgIpc) is 3.27. The minimum Gasteiger partial charge on any atom is -0.497 e. The number of rotatable bonds is 6. The SMILES string of the molecule is COc1ccc(C(=O)Nc2cccc(C(=O)OCc3cc(=O)n4ccsc4n3)c2)cc1. The zero-order chi connectivity index (χ0) is 21.8. The predicted molar refractivity (Wildman–Crippen MR) is 116 cm³/mol. The molecule has 9 heteroatoms. The first-order valence-electron chi connectivity index (χ1n) is 9.22. The number of amides is 1. The van der Waals surface area contributed by atoms with E-state index in [2.05, 4.69) is 10.3 Å². The van der Waals surface area contributed by atoms with Crippen LogP contribution in [-0.2, 0) is 11.3 Å². The van der Waals surface area contributed by atoms with E-state index in [9.17, 15) is 14.4 Å². The van der Waals surface area contributed by atoms with Crippen molar-refractivity contribution < 1.29 is 19.1 Å². The second kappa shape index (κ2) is 8.80. The maximum atomic E-state index is 12.4. The van der Waals surface area contributed by atoms with E-state index in [0.717, 1.165) is 0 Å². The molecule has 0 atom stereocenters. The number of benzene rings is 2. The van der Waals surface area contributed by atoms with Crippen molar-refractivity contribution in [3.8, 4) is 5.75 Å². The van der Waals surface area contributed by atoms with Gasteiger partial charge in [-0.1, -0.05) is 6.07 Å². The fourth-order valence-electron chi connectivity index (χ4n) is 2.85. The van der Waals surface area contributed by atoms with Crippen LogP contribution in [0.1, 0.15) is 26.4 Å². The van der Waals surface area contributed by atoms with Crippen molar-refractivity contribution in [3.63, 3.8) is 0 Å². The van der Waals surface area contributed by atoms with Gasteiger partial charge in [-0.3, -0.25) is 14.0 Å². The van der Waals surface area contributed by atoms with Gasteiger partial charge in [0.2, 0.25) is 0 Å². The molecule has 2 aromatic carbocycles. The third-order valence-electron chi connectivity index (χ3n) is 4.42. The summed E-state index contributed by atoms with van der Waals surface area (Å²) in [5.74, 6) is -0.257. The number of carbonyl (C=O) groups excluding carboxylic acids is 2. The summed E-state index contributed by atoms with van der Waals surface area (Å²) < 4.78 is 11.8. The number of methoxy groups -OCH3 is 1. The summed E-state index contributed by atoms with van der Waals surface area (Å²) in [7, 11) is 1.55. The summed E-state index contributed by atoms with van der Waals surface area (Å²) in [6.45, 7) is -0.134. The Morgan fingerprint density at radius 3 is 2.68 bits per heavy atom. The second-order valence-electron chi connectivity index (χ2n) is 6.48. The Morgan fingerprint density at radius 2 is 1.90 bits per heavy atom. The number of thiazole rings is 1. The fourth-order valence-corrected chi connectivity index (χ4v) is 3.59. The molecule has 0 bridgehead atoms. The molecule has 2 aromatic heterocycles. The summed E-state index contributed by atoms with van der Waals surface area (Å²) in [5.41, 5.74) is 1.30. The van der Waals surface area contributed by atoms with E-state index in [-0.39, 0.29) is 23.6 Å². The predicted octanol–water partition coefficient (Wildman–Crippen LogP) is 3.37. The number of fused-ring (bicyclic) bond motifs is 1. The Hall–Kier alpha value is -3.98. The van der Waals surface area contributed by atoms with Gasteiger partial charge in [-0.25, -0.2) is 9.78 Å². The molecule has 0 fully saturated rings. The van der Waals surface area contributed by atoms with Crippen molar-refractivity contribution in [1.29, 1.82) is 0 Å². The molecule has 0 aliphatic heterocycles. The first-order chi connectivity index (χ1) is 15.0. The van der Waals surface area contributed by atoms with Gasteiger partial charge in [0.25, 0.3) is 11.5 Å². The van der Waals surface area contributed by atoms with E-state index in [4.69, 9.17) is 9.47 Å². The van der Waals surface area contributed by atoms with Gasteiger partial charge in [0.1, 0.15) is 12.4 Å². The van der Waals surface area contributed by atoms with Gasteiger partial charge in [0.15, 0.2) is 4.96 Å². The van der Waals surface area contributed by atoms with Crippen molar-refractivity contribution in [3.05, 3.63) is 93.3 Å². The van der Waals surface area contributed by atoms with E-state index in [1.54, 1.807) is 61.2 Å². The number of carbonyl (C=O) groups is 2. The molecular formula is C22H17N3O5S. The van der Waals surface area contributed by atoms with Gasteiger partial charge in [-0.05, 0) is 42.5 Å². The van der Waals surface area contributed by atoms with Gasteiger partial charge in [-0.2, -0.15) is 0 Å². The Kier molecular flexibility index (Phi) is 5.76. The number of ether oxygens (including phenoxy) is 2. The van der Waals surface area contributed by atoms with Gasteiger partial charge < -0.3 is 14.8 Å². The molecule has 0 spiro atoms. The number of anilines is 1. The summed E-state index contributed by atoms with van der Waals surface area (Å²) in [5, 5.41) is 4.50. The molecule has 4 rings (SSSR count). The normalized spacial score (nSPS) is 10.6. The molecule has 4 aromatic rings. The van der Waals surface area contributed by atoms with Crippen LogP contribution in [0.15, 0.2) is 71.0 Å². The lowest BCUT2D eigenvalue weighted by Gasteiger charge is -2.08. The summed E-state index contributed by atoms with van der Waals surface area (Å²) in [4.78, 5) is 41.7. The van der Waals surface area contributed by atoms with Crippen molar-refractivity contribution in [1.82, 2.24) is 9.38 Å². The molecule has 0 saturated carbocycles. The number of esters is 1. The quantitative estimate of drug-likeness (QED) is 0.466. The summed E-state index contributed by atoms with van der Waals surface area (Å²) in [6, 6.07) is 14.4. The monoisotopic (exact) mass is 435 g/mol. The molecule has 8 nitrogen and oxygen atoms in total. The standard InChI is InChI=1S/C22H17N3O5S/c1-29-18-7-5-14(6-8-18)20(27)23-16-4-2-3-15(11-16)21(28)30-13-17-12-19(26)25-9-10-31-22(25)24-17/h2-12H,13H2,1H3,(H,23,27). The molecule has 156 valence electrons.